The van der Waals surface area contributed by atoms with Crippen LogP contribution in [0, 0.1) is 0 Å². The van der Waals surface area contributed by atoms with Crippen molar-refractivity contribution < 1.29 is 9.47 Å². The summed E-state index contributed by atoms with van der Waals surface area (Å²) in [5.74, 6) is 2.43. The Kier molecular flexibility index (Phi) is 15.9. The van der Waals surface area contributed by atoms with Gasteiger partial charge < -0.3 is 25.0 Å². The Labute approximate surface area is 194 Å². The summed E-state index contributed by atoms with van der Waals surface area (Å²) in [4.78, 5) is 6.81. The highest BCUT2D eigenvalue weighted by molar-refractivity contribution is 14.0. The lowest BCUT2D eigenvalue weighted by Gasteiger charge is -2.21. The topological polar surface area (TPSA) is 58.1 Å². The van der Waals surface area contributed by atoms with Gasteiger partial charge in [0.05, 0.1) is 14.2 Å². The molecule has 6 nitrogen and oxygen atoms in total. The lowest BCUT2D eigenvalue weighted by atomic mass is 10.1. The van der Waals surface area contributed by atoms with Gasteiger partial charge in [-0.25, -0.2) is 0 Å². The third-order valence-electron chi connectivity index (χ3n) is 5.00. The molecule has 0 saturated carbocycles. The molecule has 1 aromatic carbocycles. The molecule has 0 saturated heterocycles. The molecule has 1 atom stereocenters. The molecule has 1 aromatic rings. The van der Waals surface area contributed by atoms with Crippen LogP contribution >= 0.6 is 24.0 Å². The number of ether oxygens (including phenoxy) is 2. The van der Waals surface area contributed by atoms with Crippen molar-refractivity contribution in [2.24, 2.45) is 4.99 Å². The molecular weight excluding hydrogens is 479 g/mol. The summed E-state index contributed by atoms with van der Waals surface area (Å²) in [6.07, 6.45) is 4.34. The van der Waals surface area contributed by atoms with Crippen molar-refractivity contribution in [3.63, 3.8) is 0 Å². The summed E-state index contributed by atoms with van der Waals surface area (Å²) in [5.41, 5.74) is 1.24. The number of rotatable bonds is 13. The van der Waals surface area contributed by atoms with Gasteiger partial charge in [-0.3, -0.25) is 4.99 Å². The van der Waals surface area contributed by atoms with Gasteiger partial charge in [0.2, 0.25) is 0 Å². The summed E-state index contributed by atoms with van der Waals surface area (Å²) >= 11 is 0. The fourth-order valence-corrected chi connectivity index (χ4v) is 3.20. The lowest BCUT2D eigenvalue weighted by Crippen LogP contribution is -2.42. The van der Waals surface area contributed by atoms with Crippen molar-refractivity contribution in [3.05, 3.63) is 23.8 Å². The number of hydrogen-bond acceptors (Lipinski definition) is 4. The summed E-state index contributed by atoms with van der Waals surface area (Å²) in [6, 6.07) is 6.51. The van der Waals surface area contributed by atoms with Gasteiger partial charge in [-0.1, -0.05) is 19.9 Å². The van der Waals surface area contributed by atoms with Crippen molar-refractivity contribution in [3.8, 4) is 11.5 Å². The van der Waals surface area contributed by atoms with E-state index in [1.165, 1.54) is 12.0 Å². The zero-order chi connectivity index (χ0) is 20.8. The first-order valence-corrected chi connectivity index (χ1v) is 10.5. The van der Waals surface area contributed by atoms with E-state index in [2.05, 4.69) is 47.4 Å². The standard InChI is InChI=1S/C22H40N4O2.HI/c1-7-26(8-2)16-10-11-18(3)25-22(23-4)24-15-9-12-19-13-14-20(27-5)21(17-19)28-6;/h13-14,17-18H,7-12,15-16H2,1-6H3,(H2,23,24,25);1H. The number of guanidine groups is 1. The average molecular weight is 521 g/mol. The molecule has 0 bridgehead atoms. The first kappa shape index (κ1) is 27.8. The predicted octanol–water partition coefficient (Wildman–Crippen LogP) is 3.93. The minimum atomic E-state index is 0. The maximum Gasteiger partial charge on any atom is 0.191 e. The van der Waals surface area contributed by atoms with E-state index in [0.717, 1.165) is 62.9 Å². The van der Waals surface area contributed by atoms with E-state index in [9.17, 15) is 0 Å². The van der Waals surface area contributed by atoms with Crippen LogP contribution in [0.1, 0.15) is 45.6 Å². The molecular formula is C22H41IN4O2. The first-order valence-electron chi connectivity index (χ1n) is 10.5. The molecule has 0 amide bonds. The van der Waals surface area contributed by atoms with Gasteiger partial charge in [0.15, 0.2) is 17.5 Å². The largest absolute Gasteiger partial charge is 0.493 e. The van der Waals surface area contributed by atoms with Crippen molar-refractivity contribution >= 4 is 29.9 Å². The molecule has 0 spiro atoms. The van der Waals surface area contributed by atoms with Gasteiger partial charge in [-0.05, 0) is 69.9 Å². The van der Waals surface area contributed by atoms with Crippen molar-refractivity contribution in [2.45, 2.75) is 52.5 Å². The van der Waals surface area contributed by atoms with Crippen molar-refractivity contribution in [1.82, 2.24) is 15.5 Å². The second-order valence-electron chi connectivity index (χ2n) is 7.01. The summed E-state index contributed by atoms with van der Waals surface area (Å²) < 4.78 is 10.7. The molecule has 0 aromatic heterocycles. The Morgan fingerprint density at radius 2 is 1.79 bits per heavy atom. The summed E-state index contributed by atoms with van der Waals surface area (Å²) in [5, 5.41) is 6.91. The molecule has 168 valence electrons. The predicted molar refractivity (Wildman–Crippen MR) is 134 cm³/mol. The average Bonchev–Trinajstić information content (AvgIpc) is 2.73. The van der Waals surface area contributed by atoms with Crippen LogP contribution in [0.4, 0.5) is 0 Å². The van der Waals surface area contributed by atoms with E-state index in [1.807, 2.05) is 19.2 Å². The van der Waals surface area contributed by atoms with Gasteiger partial charge >= 0.3 is 0 Å². The Morgan fingerprint density at radius 3 is 2.38 bits per heavy atom. The van der Waals surface area contributed by atoms with E-state index in [-0.39, 0.29) is 24.0 Å². The molecule has 1 unspecified atom stereocenters. The fourth-order valence-electron chi connectivity index (χ4n) is 3.20. The lowest BCUT2D eigenvalue weighted by molar-refractivity contribution is 0.292. The smallest absolute Gasteiger partial charge is 0.191 e. The van der Waals surface area contributed by atoms with Gasteiger partial charge in [-0.2, -0.15) is 0 Å². The molecule has 29 heavy (non-hydrogen) atoms. The highest BCUT2D eigenvalue weighted by Crippen LogP contribution is 2.27. The maximum atomic E-state index is 5.37. The van der Waals surface area contributed by atoms with Crippen LogP contribution in [0.25, 0.3) is 0 Å². The zero-order valence-electron chi connectivity index (χ0n) is 19.1. The Hall–Kier alpha value is -1.22. The van der Waals surface area contributed by atoms with Crippen LogP contribution in [0.3, 0.4) is 0 Å². The molecule has 0 heterocycles. The van der Waals surface area contributed by atoms with E-state index in [1.54, 1.807) is 14.2 Å². The number of aryl methyl sites for hydroxylation is 1. The second kappa shape index (κ2) is 16.6. The van der Waals surface area contributed by atoms with E-state index >= 15 is 0 Å². The molecule has 0 aliphatic rings. The Bertz CT molecular complexity index is 580. The van der Waals surface area contributed by atoms with Crippen molar-refractivity contribution in [1.29, 1.82) is 0 Å². The van der Waals surface area contributed by atoms with Crippen LogP contribution in [-0.2, 0) is 6.42 Å². The number of hydrogen-bond donors (Lipinski definition) is 2. The Morgan fingerprint density at radius 1 is 1.10 bits per heavy atom. The van der Waals surface area contributed by atoms with E-state index in [0.29, 0.717) is 6.04 Å². The zero-order valence-corrected chi connectivity index (χ0v) is 21.4. The number of nitrogens with zero attached hydrogens (tertiary/aromatic N) is 2. The van der Waals surface area contributed by atoms with Crippen LogP contribution in [0.15, 0.2) is 23.2 Å². The minimum Gasteiger partial charge on any atom is -0.493 e. The number of nitrogens with one attached hydrogen (secondary N) is 2. The molecule has 0 radical (unpaired) electrons. The molecule has 0 aliphatic carbocycles. The van der Waals surface area contributed by atoms with Gasteiger partial charge in [0, 0.05) is 19.6 Å². The van der Waals surface area contributed by atoms with Crippen molar-refractivity contribution in [2.75, 3.05) is 47.4 Å². The highest BCUT2D eigenvalue weighted by Gasteiger charge is 2.07. The van der Waals surface area contributed by atoms with E-state index in [4.69, 9.17) is 9.47 Å². The monoisotopic (exact) mass is 520 g/mol. The fraction of sp³-hybridized carbons (Fsp3) is 0.682. The van der Waals surface area contributed by atoms with E-state index < -0.39 is 0 Å². The minimum absolute atomic E-state index is 0. The normalized spacial score (nSPS) is 12.3. The molecule has 2 N–H and O–H groups in total. The van der Waals surface area contributed by atoms with Crippen LogP contribution in [0.5, 0.6) is 11.5 Å². The highest BCUT2D eigenvalue weighted by atomic mass is 127. The Balaban J connectivity index is 0.00000784. The van der Waals surface area contributed by atoms with Crippen LogP contribution < -0.4 is 20.1 Å². The third-order valence-corrected chi connectivity index (χ3v) is 5.00. The second-order valence-corrected chi connectivity index (χ2v) is 7.01. The summed E-state index contributed by atoms with van der Waals surface area (Å²) in [6.45, 7) is 11.0. The molecule has 0 fully saturated rings. The summed E-state index contributed by atoms with van der Waals surface area (Å²) in [7, 11) is 5.15. The number of methoxy groups -OCH3 is 2. The van der Waals surface area contributed by atoms with Crippen LogP contribution in [0.2, 0.25) is 0 Å². The quantitative estimate of drug-likeness (QED) is 0.179. The first-order chi connectivity index (χ1) is 13.6. The van der Waals surface area contributed by atoms with Gasteiger partial charge in [-0.15, -0.1) is 24.0 Å². The molecule has 0 aliphatic heterocycles. The maximum absolute atomic E-state index is 5.37. The van der Waals surface area contributed by atoms with Gasteiger partial charge in [0.25, 0.3) is 0 Å². The third kappa shape index (κ3) is 10.9. The number of halogens is 1. The van der Waals surface area contributed by atoms with Crippen LogP contribution in [-0.4, -0.2) is 64.3 Å². The number of aliphatic imine (C=N–C) groups is 1. The van der Waals surface area contributed by atoms with Gasteiger partial charge in [0.1, 0.15) is 0 Å². The molecule has 7 heteroatoms. The SMILES string of the molecule is CCN(CC)CCCC(C)NC(=NC)NCCCc1ccc(OC)c(OC)c1.I. The molecule has 1 rings (SSSR count). The number of benzene rings is 1.